The van der Waals surface area contributed by atoms with Gasteiger partial charge in [0.05, 0.1) is 25.1 Å². The fourth-order valence-electron chi connectivity index (χ4n) is 5.45. The number of anilines is 1. The van der Waals surface area contributed by atoms with E-state index in [0.717, 1.165) is 23.2 Å². The molecule has 0 spiro atoms. The Labute approximate surface area is 175 Å². The summed E-state index contributed by atoms with van der Waals surface area (Å²) in [5.74, 6) is 2.28. The van der Waals surface area contributed by atoms with Crippen LogP contribution in [0.1, 0.15) is 38.1 Å². The number of imidazole rings is 1. The molecule has 4 fully saturated rings. The predicted octanol–water partition coefficient (Wildman–Crippen LogP) is 1.31. The summed E-state index contributed by atoms with van der Waals surface area (Å²) in [4.78, 5) is 13.8. The lowest BCUT2D eigenvalue weighted by molar-refractivity contribution is -0.0300. The first-order chi connectivity index (χ1) is 13.5. The van der Waals surface area contributed by atoms with Crippen molar-refractivity contribution in [3.63, 3.8) is 0 Å². The highest BCUT2D eigenvalue weighted by atomic mass is 127. The van der Waals surface area contributed by atoms with Gasteiger partial charge in [-0.25, -0.2) is 15.0 Å². The quantitative estimate of drug-likeness (QED) is 0.351. The second-order valence-electron chi connectivity index (χ2n) is 9.14. The van der Waals surface area contributed by atoms with Gasteiger partial charge in [0.1, 0.15) is 6.10 Å². The number of hydrogen-bond acceptors (Lipinski definition) is 7. The van der Waals surface area contributed by atoms with E-state index in [0.29, 0.717) is 21.9 Å². The Balaban J connectivity index is 1.39. The Morgan fingerprint density at radius 2 is 1.93 bits per heavy atom. The molecule has 0 aromatic carbocycles. The maximum absolute atomic E-state index is 10.7. The molecular formula is C19H24IN5O3. The minimum atomic E-state index is -0.932. The van der Waals surface area contributed by atoms with Crippen molar-refractivity contribution in [2.75, 3.05) is 11.9 Å². The van der Waals surface area contributed by atoms with Gasteiger partial charge in [-0.05, 0) is 49.9 Å². The summed E-state index contributed by atoms with van der Waals surface area (Å²) in [5.41, 5.74) is 0.824. The molecule has 28 heavy (non-hydrogen) atoms. The summed E-state index contributed by atoms with van der Waals surface area (Å²) in [7, 11) is 0. The number of halogens is 1. The molecule has 6 rings (SSSR count). The largest absolute Gasteiger partial charge is 0.396 e. The van der Waals surface area contributed by atoms with Crippen molar-refractivity contribution in [1.29, 1.82) is 0 Å². The number of aliphatic hydroxyl groups excluding tert-OH is 3. The van der Waals surface area contributed by atoms with Crippen molar-refractivity contribution in [1.82, 2.24) is 19.5 Å². The Morgan fingerprint density at radius 1 is 1.21 bits per heavy atom. The average molecular weight is 497 g/mol. The summed E-state index contributed by atoms with van der Waals surface area (Å²) in [6.07, 6.45) is 5.70. The molecule has 4 aliphatic rings. The lowest BCUT2D eigenvalue weighted by atomic mass is 10.0. The fourth-order valence-corrected chi connectivity index (χ4v) is 5.92. The molecular weight excluding hydrogens is 473 g/mol. The topological polar surface area (TPSA) is 116 Å². The standard InChI is InChI=1S/C19H24IN5O3/c20-18-23-16(22-11(8-1-2-8)9-3-4-9)12-17(24-18)25(7-21-12)13-10-5-19(10,6-26)15(28)14(13)27/h7-11,13-15,26-28H,1-6H2,(H,22,23,24)/t10-,13-,14+,15+,19+/m1/s1. The lowest BCUT2D eigenvalue weighted by Crippen LogP contribution is -2.35. The molecule has 4 N–H and O–H groups in total. The molecule has 150 valence electrons. The molecule has 4 aliphatic carbocycles. The van der Waals surface area contributed by atoms with E-state index in [1.807, 2.05) is 4.57 Å². The number of rotatable bonds is 6. The molecule has 0 radical (unpaired) electrons. The van der Waals surface area contributed by atoms with Gasteiger partial charge in [0, 0.05) is 34.0 Å². The zero-order valence-corrected chi connectivity index (χ0v) is 17.5. The van der Waals surface area contributed by atoms with E-state index in [1.54, 1.807) is 6.33 Å². The van der Waals surface area contributed by atoms with E-state index in [4.69, 9.17) is 0 Å². The molecule has 4 saturated carbocycles. The predicted molar refractivity (Wildman–Crippen MR) is 110 cm³/mol. The number of aliphatic hydroxyl groups is 3. The summed E-state index contributed by atoms with van der Waals surface area (Å²) in [5, 5.41) is 34.6. The number of nitrogens with one attached hydrogen (secondary N) is 1. The molecule has 0 aliphatic heterocycles. The second kappa shape index (κ2) is 5.99. The van der Waals surface area contributed by atoms with Crippen LogP contribution in [-0.2, 0) is 0 Å². The first-order valence-electron chi connectivity index (χ1n) is 10.2. The van der Waals surface area contributed by atoms with Crippen LogP contribution >= 0.6 is 22.6 Å². The van der Waals surface area contributed by atoms with Crippen LogP contribution in [0.3, 0.4) is 0 Å². The molecule has 2 aromatic heterocycles. The van der Waals surface area contributed by atoms with Crippen LogP contribution in [0.5, 0.6) is 0 Å². The zero-order chi connectivity index (χ0) is 19.2. The maximum Gasteiger partial charge on any atom is 0.194 e. The van der Waals surface area contributed by atoms with E-state index in [-0.39, 0.29) is 18.6 Å². The van der Waals surface area contributed by atoms with Crippen molar-refractivity contribution < 1.29 is 15.3 Å². The van der Waals surface area contributed by atoms with Crippen molar-refractivity contribution in [3.05, 3.63) is 10.2 Å². The van der Waals surface area contributed by atoms with Gasteiger partial charge in [-0.1, -0.05) is 0 Å². The minimum absolute atomic E-state index is 0.0367. The van der Waals surface area contributed by atoms with Crippen LogP contribution in [-0.4, -0.2) is 59.7 Å². The highest BCUT2D eigenvalue weighted by Gasteiger charge is 2.71. The van der Waals surface area contributed by atoms with Gasteiger partial charge < -0.3 is 25.2 Å². The van der Waals surface area contributed by atoms with Crippen molar-refractivity contribution >= 4 is 39.6 Å². The molecule has 0 saturated heterocycles. The van der Waals surface area contributed by atoms with Crippen LogP contribution < -0.4 is 5.32 Å². The van der Waals surface area contributed by atoms with E-state index in [2.05, 4.69) is 42.9 Å². The Hall–Kier alpha value is -1.04. The van der Waals surface area contributed by atoms with Crippen LogP contribution in [0, 0.1) is 27.0 Å². The SMILES string of the molecule is OC[C@@]12C[C@@H]1[C@@H](n1cnc3c(NC(C4CC4)C4CC4)nc(I)nc31)[C@H](O)[C@@H]2O. The van der Waals surface area contributed by atoms with E-state index in [1.165, 1.54) is 25.7 Å². The summed E-state index contributed by atoms with van der Waals surface area (Å²) in [6, 6.07) is 0.136. The van der Waals surface area contributed by atoms with Crippen molar-refractivity contribution in [3.8, 4) is 0 Å². The summed E-state index contributed by atoms with van der Waals surface area (Å²) in [6.45, 7) is -0.108. The Morgan fingerprint density at radius 3 is 2.54 bits per heavy atom. The first kappa shape index (κ1) is 17.8. The number of hydrogen-bond donors (Lipinski definition) is 4. The van der Waals surface area contributed by atoms with Crippen LogP contribution in [0.4, 0.5) is 5.82 Å². The Kier molecular flexibility index (Phi) is 3.81. The van der Waals surface area contributed by atoms with Crippen molar-refractivity contribution in [2.24, 2.45) is 23.2 Å². The second-order valence-corrected chi connectivity index (χ2v) is 10.1. The van der Waals surface area contributed by atoms with Gasteiger partial charge in [0.2, 0.25) is 0 Å². The number of fused-ring (bicyclic) bond motifs is 2. The van der Waals surface area contributed by atoms with Gasteiger partial charge in [-0.3, -0.25) is 0 Å². The smallest absolute Gasteiger partial charge is 0.194 e. The van der Waals surface area contributed by atoms with E-state index in [9.17, 15) is 15.3 Å². The molecule has 8 nitrogen and oxygen atoms in total. The van der Waals surface area contributed by atoms with Gasteiger partial charge in [-0.2, -0.15) is 0 Å². The van der Waals surface area contributed by atoms with Gasteiger partial charge in [0.15, 0.2) is 20.8 Å². The lowest BCUT2D eigenvalue weighted by Gasteiger charge is -2.23. The third kappa shape index (κ3) is 2.48. The number of aromatic nitrogens is 4. The summed E-state index contributed by atoms with van der Waals surface area (Å²) >= 11 is 2.12. The molecule has 0 bridgehead atoms. The zero-order valence-electron chi connectivity index (χ0n) is 15.4. The molecule has 0 amide bonds. The molecule has 2 aromatic rings. The van der Waals surface area contributed by atoms with Crippen molar-refractivity contribution in [2.45, 2.75) is 56.4 Å². The monoisotopic (exact) mass is 497 g/mol. The highest BCUT2D eigenvalue weighted by molar-refractivity contribution is 14.1. The maximum atomic E-state index is 10.7. The van der Waals surface area contributed by atoms with Crippen LogP contribution in [0.15, 0.2) is 6.33 Å². The molecule has 9 heteroatoms. The third-order valence-corrected chi connectivity index (χ3v) is 7.91. The highest BCUT2D eigenvalue weighted by Crippen LogP contribution is 2.67. The van der Waals surface area contributed by atoms with Crippen LogP contribution in [0.25, 0.3) is 11.2 Å². The van der Waals surface area contributed by atoms with Crippen LogP contribution in [0.2, 0.25) is 0 Å². The molecule has 0 unspecified atom stereocenters. The van der Waals surface area contributed by atoms with Gasteiger partial charge in [-0.15, -0.1) is 0 Å². The normalized spacial score (nSPS) is 36.9. The molecule has 2 heterocycles. The fraction of sp³-hybridized carbons (Fsp3) is 0.737. The first-order valence-corrected chi connectivity index (χ1v) is 11.2. The Bertz CT molecular complexity index is 933. The number of nitrogens with zero attached hydrogens (tertiary/aromatic N) is 4. The summed E-state index contributed by atoms with van der Waals surface area (Å²) < 4.78 is 2.52. The van der Waals surface area contributed by atoms with E-state index >= 15 is 0 Å². The molecule has 5 atom stereocenters. The average Bonchev–Trinajstić information content (AvgIpc) is 3.57. The van der Waals surface area contributed by atoms with E-state index < -0.39 is 17.6 Å². The van der Waals surface area contributed by atoms with Gasteiger partial charge in [0.25, 0.3) is 0 Å². The minimum Gasteiger partial charge on any atom is -0.396 e. The van der Waals surface area contributed by atoms with Gasteiger partial charge >= 0.3 is 0 Å². The third-order valence-electron chi connectivity index (χ3n) is 7.43.